The number of urea groups is 1. The van der Waals surface area contributed by atoms with E-state index in [1.54, 1.807) is 22.7 Å². The Balaban J connectivity index is 2.01. The number of nitrogens with one attached hydrogen (secondary N) is 1. The minimum Gasteiger partial charge on any atom is -0.387 e. The molecule has 1 heterocycles. The molecule has 0 aromatic heterocycles. The van der Waals surface area contributed by atoms with E-state index in [1.165, 1.54) is 12.1 Å². The predicted octanol–water partition coefficient (Wildman–Crippen LogP) is 1.56. The molecule has 3 amide bonds. The summed E-state index contributed by atoms with van der Waals surface area (Å²) in [4.78, 5) is 24.5. The Morgan fingerprint density at radius 1 is 1.48 bits per heavy atom. The maximum atomic E-state index is 13.4. The van der Waals surface area contributed by atoms with Gasteiger partial charge in [-0.15, -0.1) is 0 Å². The first-order chi connectivity index (χ1) is 11.9. The largest absolute Gasteiger partial charge is 0.387 e. The lowest BCUT2D eigenvalue weighted by Gasteiger charge is -2.39. The Labute approximate surface area is 150 Å². The normalized spacial score (nSPS) is 20.4. The number of amides is 3. The number of primary amides is 1. The number of benzene rings is 1. The summed E-state index contributed by atoms with van der Waals surface area (Å²) in [7, 11) is 0. The molecule has 1 aliphatic heterocycles. The zero-order valence-electron chi connectivity index (χ0n) is 14.2. The highest BCUT2D eigenvalue weighted by atomic mass is 32.2. The molecule has 1 aliphatic rings. The molecule has 0 bridgehead atoms. The van der Waals surface area contributed by atoms with Crippen LogP contribution in [0.1, 0.15) is 30.0 Å². The number of carbonyl (C=O) groups excluding carboxylic acids is 2. The first-order valence-electron chi connectivity index (χ1n) is 8.23. The molecule has 1 saturated heterocycles. The van der Waals surface area contributed by atoms with Crippen LogP contribution in [0.3, 0.4) is 0 Å². The van der Waals surface area contributed by atoms with Gasteiger partial charge in [-0.2, -0.15) is 11.8 Å². The fourth-order valence-corrected chi connectivity index (χ4v) is 4.27. The molecule has 1 aromatic carbocycles. The smallest absolute Gasteiger partial charge is 0.315 e. The van der Waals surface area contributed by atoms with Crippen LogP contribution in [0.5, 0.6) is 0 Å². The van der Waals surface area contributed by atoms with Crippen LogP contribution in [0.25, 0.3) is 0 Å². The first-order valence-corrected chi connectivity index (χ1v) is 9.28. The monoisotopic (exact) mass is 369 g/mol. The van der Waals surface area contributed by atoms with Gasteiger partial charge in [-0.1, -0.05) is 6.07 Å². The van der Waals surface area contributed by atoms with E-state index in [1.807, 2.05) is 6.92 Å². The Morgan fingerprint density at radius 3 is 2.88 bits per heavy atom. The van der Waals surface area contributed by atoms with Crippen molar-refractivity contribution < 1.29 is 19.1 Å². The van der Waals surface area contributed by atoms with Gasteiger partial charge in [-0.25, -0.2) is 9.18 Å². The minimum atomic E-state index is -0.506. The molecule has 0 aliphatic carbocycles. The van der Waals surface area contributed by atoms with E-state index < -0.39 is 12.6 Å². The molecule has 2 unspecified atom stereocenters. The second kappa shape index (κ2) is 9.05. The first kappa shape index (κ1) is 19.5. The third-order valence-corrected chi connectivity index (χ3v) is 5.69. The Hall–Kier alpha value is -1.80. The number of aliphatic hydroxyl groups is 1. The van der Waals surface area contributed by atoms with Gasteiger partial charge in [0.2, 0.25) is 5.91 Å². The second-order valence-corrected chi connectivity index (χ2v) is 7.48. The number of likely N-dealkylation sites (tertiary alicyclic amines) is 1. The van der Waals surface area contributed by atoms with Crippen molar-refractivity contribution in [3.63, 3.8) is 0 Å². The summed E-state index contributed by atoms with van der Waals surface area (Å²) in [6.07, 6.45) is 1.55. The average molecular weight is 369 g/mol. The quantitative estimate of drug-likeness (QED) is 0.663. The number of nitrogens with two attached hydrogens (primary N) is 1. The lowest BCUT2D eigenvalue weighted by atomic mass is 9.92. The van der Waals surface area contributed by atoms with Crippen molar-refractivity contribution in [1.82, 2.24) is 10.2 Å². The topological polar surface area (TPSA) is 95.7 Å². The van der Waals surface area contributed by atoms with E-state index >= 15 is 0 Å². The van der Waals surface area contributed by atoms with Gasteiger partial charge in [0, 0.05) is 24.1 Å². The zero-order valence-corrected chi connectivity index (χ0v) is 15.0. The number of carbonyl (C=O) groups is 2. The van der Waals surface area contributed by atoms with Crippen molar-refractivity contribution in [2.24, 2.45) is 5.73 Å². The third kappa shape index (κ3) is 5.34. The number of halogens is 1. The lowest BCUT2D eigenvalue weighted by molar-refractivity contribution is -0.123. The number of hydrogen-bond donors (Lipinski definition) is 3. The van der Waals surface area contributed by atoms with E-state index in [9.17, 15) is 14.0 Å². The Bertz CT molecular complexity index is 629. The van der Waals surface area contributed by atoms with E-state index in [0.29, 0.717) is 18.3 Å². The fraction of sp³-hybridized carbons (Fsp3) is 0.529. The van der Waals surface area contributed by atoms with Crippen LogP contribution >= 0.6 is 11.8 Å². The van der Waals surface area contributed by atoms with Crippen molar-refractivity contribution in [3.8, 4) is 0 Å². The summed E-state index contributed by atoms with van der Waals surface area (Å²) in [6, 6.07) is 3.96. The van der Waals surface area contributed by atoms with Crippen molar-refractivity contribution in [3.05, 3.63) is 35.1 Å². The number of aryl methyl sites for hydroxylation is 1. The maximum absolute atomic E-state index is 13.4. The van der Waals surface area contributed by atoms with Crippen molar-refractivity contribution >= 4 is 23.7 Å². The molecule has 2 atom stereocenters. The number of nitrogens with zero attached hydrogens (tertiary/aromatic N) is 1. The third-order valence-electron chi connectivity index (χ3n) is 4.35. The van der Waals surface area contributed by atoms with Crippen molar-refractivity contribution in [1.29, 1.82) is 0 Å². The summed E-state index contributed by atoms with van der Waals surface area (Å²) in [5.74, 6) is 0.0412. The summed E-state index contributed by atoms with van der Waals surface area (Å²) in [5.41, 5.74) is 7.24. The molecular weight excluding hydrogens is 345 g/mol. The molecule has 8 heteroatoms. The molecule has 4 N–H and O–H groups in total. The second-order valence-electron chi connectivity index (χ2n) is 6.07. The molecule has 1 fully saturated rings. The van der Waals surface area contributed by atoms with Crippen LogP contribution in [0.2, 0.25) is 0 Å². The van der Waals surface area contributed by atoms with Crippen LogP contribution < -0.4 is 11.1 Å². The molecule has 0 saturated carbocycles. The van der Waals surface area contributed by atoms with Crippen LogP contribution in [0.15, 0.2) is 18.2 Å². The minimum absolute atomic E-state index is 0.170. The molecule has 2 rings (SSSR count). The molecule has 25 heavy (non-hydrogen) atoms. The highest BCUT2D eigenvalue weighted by Crippen LogP contribution is 2.37. The van der Waals surface area contributed by atoms with Gasteiger partial charge in [0.25, 0.3) is 0 Å². The van der Waals surface area contributed by atoms with Gasteiger partial charge in [0.05, 0.1) is 6.04 Å². The number of rotatable bonds is 6. The van der Waals surface area contributed by atoms with Crippen LogP contribution in [0, 0.1) is 12.7 Å². The molecular formula is C17H24FN3O3S. The number of piperidine rings is 1. The predicted molar refractivity (Wildman–Crippen MR) is 95.7 cm³/mol. The van der Waals surface area contributed by atoms with E-state index in [0.717, 1.165) is 29.7 Å². The number of thioether (sulfide) groups is 1. The molecule has 1 aromatic rings. The van der Waals surface area contributed by atoms with Crippen LogP contribution in [-0.4, -0.2) is 52.6 Å². The highest BCUT2D eigenvalue weighted by Gasteiger charge is 2.32. The van der Waals surface area contributed by atoms with Gasteiger partial charge in [-0.3, -0.25) is 4.79 Å². The van der Waals surface area contributed by atoms with Crippen molar-refractivity contribution in [2.75, 3.05) is 25.4 Å². The van der Waals surface area contributed by atoms with Gasteiger partial charge >= 0.3 is 6.03 Å². The number of aliphatic hydroxyl groups excluding tert-OH is 1. The van der Waals surface area contributed by atoms with Crippen LogP contribution in [-0.2, 0) is 4.79 Å². The summed E-state index contributed by atoms with van der Waals surface area (Å²) in [6.45, 7) is 2.37. The number of hydrogen-bond acceptors (Lipinski definition) is 4. The summed E-state index contributed by atoms with van der Waals surface area (Å²) in [5, 5.41) is 11.6. The Morgan fingerprint density at radius 2 is 2.24 bits per heavy atom. The lowest BCUT2D eigenvalue weighted by Crippen LogP contribution is -2.45. The Kier molecular flexibility index (Phi) is 7.07. The summed E-state index contributed by atoms with van der Waals surface area (Å²) >= 11 is 1.72. The maximum Gasteiger partial charge on any atom is 0.315 e. The average Bonchev–Trinajstić information content (AvgIpc) is 2.58. The van der Waals surface area contributed by atoms with Gasteiger partial charge in [0.1, 0.15) is 12.4 Å². The fourth-order valence-electron chi connectivity index (χ4n) is 3.13. The SMILES string of the molecule is Cc1cc(F)ccc1C1CC(SCCNC(=O)CO)CCN1C(N)=O. The van der Waals surface area contributed by atoms with Gasteiger partial charge < -0.3 is 21.1 Å². The zero-order chi connectivity index (χ0) is 18.4. The molecule has 0 spiro atoms. The van der Waals surface area contributed by atoms with E-state index in [-0.39, 0.29) is 17.8 Å². The highest BCUT2D eigenvalue weighted by molar-refractivity contribution is 7.99. The summed E-state index contributed by atoms with van der Waals surface area (Å²) < 4.78 is 13.4. The van der Waals surface area contributed by atoms with Crippen molar-refractivity contribution in [2.45, 2.75) is 31.1 Å². The standard InChI is InChI=1S/C17H24FN3O3S/c1-11-8-12(18)2-3-14(11)15-9-13(4-6-21(15)17(19)24)25-7-5-20-16(23)10-22/h2-3,8,13,15,22H,4-7,9-10H2,1H3,(H2,19,24)(H,20,23). The van der Waals surface area contributed by atoms with E-state index in [2.05, 4.69) is 5.32 Å². The van der Waals surface area contributed by atoms with Crippen LogP contribution in [0.4, 0.5) is 9.18 Å². The van der Waals surface area contributed by atoms with Gasteiger partial charge in [-0.05, 0) is 43.0 Å². The molecule has 138 valence electrons. The van der Waals surface area contributed by atoms with Gasteiger partial charge in [0.15, 0.2) is 0 Å². The molecule has 6 nitrogen and oxygen atoms in total. The molecule has 0 radical (unpaired) electrons. The van der Waals surface area contributed by atoms with E-state index in [4.69, 9.17) is 10.8 Å².